The largest absolute Gasteiger partial charge is 0.494 e. The Labute approximate surface area is 136 Å². The van der Waals surface area contributed by atoms with Crippen LogP contribution in [0, 0.1) is 5.92 Å². The summed E-state index contributed by atoms with van der Waals surface area (Å²) in [7, 11) is 0. The minimum Gasteiger partial charge on any atom is -0.494 e. The maximum absolute atomic E-state index is 10.1. The van der Waals surface area contributed by atoms with E-state index in [1.54, 1.807) is 24.3 Å². The van der Waals surface area contributed by atoms with Crippen LogP contribution >= 0.6 is 0 Å². The fraction of sp³-hybridized carbons (Fsp3) is 0.647. The third kappa shape index (κ3) is 4.43. The van der Waals surface area contributed by atoms with Gasteiger partial charge in [-0.25, -0.2) is 0 Å². The molecule has 1 aliphatic heterocycles. The highest BCUT2D eigenvalue weighted by Gasteiger charge is 2.43. The summed E-state index contributed by atoms with van der Waals surface area (Å²) in [6.45, 7) is 4.46. The summed E-state index contributed by atoms with van der Waals surface area (Å²) < 4.78 is 11.2. The quantitative estimate of drug-likeness (QED) is 0.612. The average molecular weight is 326 g/mol. The molecule has 130 valence electrons. The number of rotatable bonds is 6. The van der Waals surface area contributed by atoms with E-state index >= 15 is 0 Å². The molecule has 0 amide bonds. The van der Waals surface area contributed by atoms with E-state index in [2.05, 4.69) is 13.8 Å². The van der Waals surface area contributed by atoms with Crippen LogP contribution in [0.1, 0.15) is 31.9 Å². The van der Waals surface area contributed by atoms with Gasteiger partial charge >= 0.3 is 0 Å². The zero-order chi connectivity index (χ0) is 17.0. The lowest BCUT2D eigenvalue weighted by Gasteiger charge is -2.40. The van der Waals surface area contributed by atoms with Crippen molar-refractivity contribution in [3.05, 3.63) is 29.8 Å². The Bertz CT molecular complexity index is 472. The number of aliphatic hydroxyl groups is 4. The minimum absolute atomic E-state index is 0.433. The van der Waals surface area contributed by atoms with Gasteiger partial charge in [0.25, 0.3) is 0 Å². The second-order valence-corrected chi connectivity index (χ2v) is 6.35. The van der Waals surface area contributed by atoms with Crippen LogP contribution in [0.2, 0.25) is 0 Å². The normalized spacial score (nSPS) is 31.3. The number of ether oxygens (including phenoxy) is 2. The molecule has 0 bridgehead atoms. The summed E-state index contributed by atoms with van der Waals surface area (Å²) in [5.74, 6) is 1.29. The van der Waals surface area contributed by atoms with Crippen molar-refractivity contribution in [1.29, 1.82) is 0 Å². The van der Waals surface area contributed by atoms with Crippen molar-refractivity contribution in [2.45, 2.75) is 50.8 Å². The van der Waals surface area contributed by atoms with Crippen molar-refractivity contribution >= 4 is 0 Å². The predicted octanol–water partition coefficient (Wildman–Crippen LogP) is 0.626. The van der Waals surface area contributed by atoms with Gasteiger partial charge in [-0.1, -0.05) is 26.0 Å². The molecule has 2 rings (SSSR count). The third-order valence-electron chi connectivity index (χ3n) is 4.06. The Balaban J connectivity index is 2.03. The lowest BCUT2D eigenvalue weighted by molar-refractivity contribution is -0.231. The second kappa shape index (κ2) is 8.08. The lowest BCUT2D eigenvalue weighted by Crippen LogP contribution is -2.55. The molecule has 0 saturated carbocycles. The van der Waals surface area contributed by atoms with E-state index in [0.29, 0.717) is 18.1 Å². The van der Waals surface area contributed by atoms with Crippen molar-refractivity contribution in [2.75, 3.05) is 13.2 Å². The first kappa shape index (κ1) is 18.2. The molecule has 0 spiro atoms. The van der Waals surface area contributed by atoms with Crippen LogP contribution in [0.15, 0.2) is 24.3 Å². The molecule has 0 radical (unpaired) electrons. The van der Waals surface area contributed by atoms with Gasteiger partial charge in [0, 0.05) is 0 Å². The molecule has 1 unspecified atom stereocenters. The number of hydrogen-bond acceptors (Lipinski definition) is 6. The topological polar surface area (TPSA) is 99.4 Å². The molecular weight excluding hydrogens is 300 g/mol. The fourth-order valence-electron chi connectivity index (χ4n) is 2.54. The van der Waals surface area contributed by atoms with Gasteiger partial charge in [-0.15, -0.1) is 0 Å². The van der Waals surface area contributed by atoms with Crippen molar-refractivity contribution in [2.24, 2.45) is 5.92 Å². The molecule has 23 heavy (non-hydrogen) atoms. The maximum atomic E-state index is 10.1. The monoisotopic (exact) mass is 326 g/mol. The molecule has 4 N–H and O–H groups in total. The van der Waals surface area contributed by atoms with Crippen molar-refractivity contribution < 1.29 is 29.9 Å². The van der Waals surface area contributed by atoms with Gasteiger partial charge in [-0.2, -0.15) is 0 Å². The summed E-state index contributed by atoms with van der Waals surface area (Å²) in [6, 6.07) is 7.04. The van der Waals surface area contributed by atoms with Gasteiger partial charge in [0.15, 0.2) is 0 Å². The highest BCUT2D eigenvalue weighted by molar-refractivity contribution is 5.29. The molecular formula is C17H26O6. The summed E-state index contributed by atoms with van der Waals surface area (Å²) in [5, 5.41) is 38.9. The lowest BCUT2D eigenvalue weighted by atomic mass is 9.91. The van der Waals surface area contributed by atoms with Gasteiger partial charge in [0.2, 0.25) is 0 Å². The van der Waals surface area contributed by atoms with Gasteiger partial charge in [-0.05, 0) is 30.0 Å². The zero-order valence-electron chi connectivity index (χ0n) is 13.5. The molecule has 1 aromatic carbocycles. The summed E-state index contributed by atoms with van der Waals surface area (Å²) >= 11 is 0. The SMILES string of the molecule is CC(C)CCOc1ccc(C2O[C@H](CO)[C@@H](O)[C@H](O)[C@@H]2O)cc1. The van der Waals surface area contributed by atoms with Gasteiger partial charge in [0.1, 0.15) is 36.3 Å². The third-order valence-corrected chi connectivity index (χ3v) is 4.06. The highest BCUT2D eigenvalue weighted by atomic mass is 16.5. The molecule has 1 aliphatic rings. The zero-order valence-corrected chi connectivity index (χ0v) is 13.5. The number of benzene rings is 1. The van der Waals surface area contributed by atoms with Crippen LogP contribution in [-0.2, 0) is 4.74 Å². The first-order valence-corrected chi connectivity index (χ1v) is 7.97. The molecule has 1 saturated heterocycles. The minimum atomic E-state index is -1.37. The van der Waals surface area contributed by atoms with Crippen molar-refractivity contribution in [3.63, 3.8) is 0 Å². The second-order valence-electron chi connectivity index (χ2n) is 6.35. The predicted molar refractivity (Wildman–Crippen MR) is 84.1 cm³/mol. The average Bonchev–Trinajstić information content (AvgIpc) is 2.54. The summed E-state index contributed by atoms with van der Waals surface area (Å²) in [6.07, 6.45) is -4.72. The summed E-state index contributed by atoms with van der Waals surface area (Å²) in [4.78, 5) is 0. The number of aliphatic hydroxyl groups excluding tert-OH is 4. The molecule has 1 heterocycles. The Morgan fingerprint density at radius 3 is 2.26 bits per heavy atom. The van der Waals surface area contributed by atoms with Gasteiger partial charge < -0.3 is 29.9 Å². The molecule has 5 atom stereocenters. The highest BCUT2D eigenvalue weighted by Crippen LogP contribution is 2.33. The van der Waals surface area contributed by atoms with Crippen LogP contribution < -0.4 is 4.74 Å². The first-order chi connectivity index (χ1) is 10.9. The van der Waals surface area contributed by atoms with Crippen LogP contribution in [0.4, 0.5) is 0 Å². The van der Waals surface area contributed by atoms with Crippen molar-refractivity contribution in [3.8, 4) is 5.75 Å². The van der Waals surface area contributed by atoms with Gasteiger partial charge in [0.05, 0.1) is 13.2 Å². The standard InChI is InChI=1S/C17H26O6/c1-10(2)7-8-22-12-5-3-11(4-6-12)17-16(21)15(20)14(19)13(9-18)23-17/h3-6,10,13-21H,7-9H2,1-2H3/t13-,14-,15+,16+,17?/m1/s1. The Morgan fingerprint density at radius 2 is 1.70 bits per heavy atom. The molecule has 6 nitrogen and oxygen atoms in total. The molecule has 6 heteroatoms. The molecule has 1 aromatic rings. The Hall–Kier alpha value is -1.18. The van der Waals surface area contributed by atoms with Crippen LogP contribution in [0.5, 0.6) is 5.75 Å². The molecule has 1 fully saturated rings. The summed E-state index contributed by atoms with van der Waals surface area (Å²) in [5.41, 5.74) is 0.651. The fourth-order valence-corrected chi connectivity index (χ4v) is 2.54. The maximum Gasteiger partial charge on any atom is 0.119 e. The number of hydrogen-bond donors (Lipinski definition) is 4. The van der Waals surface area contributed by atoms with E-state index in [4.69, 9.17) is 9.47 Å². The molecule has 0 aliphatic carbocycles. The van der Waals surface area contributed by atoms with Crippen LogP contribution in [0.3, 0.4) is 0 Å². The van der Waals surface area contributed by atoms with Crippen molar-refractivity contribution in [1.82, 2.24) is 0 Å². The Kier molecular flexibility index (Phi) is 6.38. The van der Waals surface area contributed by atoms with Gasteiger partial charge in [-0.3, -0.25) is 0 Å². The van der Waals surface area contributed by atoms with Crippen LogP contribution in [0.25, 0.3) is 0 Å². The van der Waals surface area contributed by atoms with E-state index in [1.807, 2.05) is 0 Å². The smallest absolute Gasteiger partial charge is 0.119 e. The molecule has 0 aromatic heterocycles. The van der Waals surface area contributed by atoms with E-state index in [1.165, 1.54) is 0 Å². The Morgan fingerprint density at radius 1 is 1.04 bits per heavy atom. The van der Waals surface area contributed by atoms with Crippen LogP contribution in [-0.4, -0.2) is 58.1 Å². The van der Waals surface area contributed by atoms with E-state index in [-0.39, 0.29) is 0 Å². The first-order valence-electron chi connectivity index (χ1n) is 7.97. The van der Waals surface area contributed by atoms with E-state index in [9.17, 15) is 20.4 Å². The van der Waals surface area contributed by atoms with E-state index < -0.39 is 37.1 Å². The van der Waals surface area contributed by atoms with E-state index in [0.717, 1.165) is 12.2 Å².